The van der Waals surface area contributed by atoms with Gasteiger partial charge in [-0.1, -0.05) is 26.3 Å². The van der Waals surface area contributed by atoms with Gasteiger partial charge in [0, 0.05) is 19.8 Å². The molecule has 76 valence electrons. The molecule has 0 saturated heterocycles. The molecule has 1 rings (SSSR count). The van der Waals surface area contributed by atoms with E-state index in [-0.39, 0.29) is 0 Å². The zero-order valence-electron chi connectivity index (χ0n) is 9.35. The Morgan fingerprint density at radius 2 is 2.15 bits per heavy atom. The van der Waals surface area contributed by atoms with E-state index >= 15 is 0 Å². The minimum atomic E-state index is 1.00. The number of nitrogens with zero attached hydrogens (tertiary/aromatic N) is 1. The van der Waals surface area contributed by atoms with Gasteiger partial charge < -0.3 is 5.32 Å². The van der Waals surface area contributed by atoms with Crippen molar-refractivity contribution in [2.24, 2.45) is 4.99 Å². The van der Waals surface area contributed by atoms with Crippen molar-refractivity contribution in [2.45, 2.75) is 33.6 Å². The third kappa shape index (κ3) is 4.23. The summed E-state index contributed by atoms with van der Waals surface area (Å²) in [4.78, 5) is 4.03. The molecule has 0 aliphatic carbocycles. The molecule has 0 aromatic carbocycles. The Hall–Kier alpha value is -0.630. The summed E-state index contributed by atoms with van der Waals surface area (Å²) < 4.78 is 0. The second-order valence-electron chi connectivity index (χ2n) is 2.80. The van der Waals surface area contributed by atoms with Crippen molar-refractivity contribution >= 4 is 6.21 Å². The van der Waals surface area contributed by atoms with E-state index in [1.807, 2.05) is 27.1 Å². The van der Waals surface area contributed by atoms with Gasteiger partial charge in [0.1, 0.15) is 0 Å². The van der Waals surface area contributed by atoms with Crippen LogP contribution in [-0.4, -0.2) is 26.4 Å². The summed E-state index contributed by atoms with van der Waals surface area (Å²) in [7, 11) is 1.83. The lowest BCUT2D eigenvalue weighted by Crippen LogP contribution is -2.25. The molecule has 0 aromatic heterocycles. The summed E-state index contributed by atoms with van der Waals surface area (Å²) in [5, 5.41) is 3.33. The molecule has 1 aliphatic heterocycles. The second kappa shape index (κ2) is 7.99. The molecule has 0 saturated carbocycles. The molecule has 1 aliphatic rings. The fraction of sp³-hybridized carbons (Fsp3) is 0.727. The van der Waals surface area contributed by atoms with Crippen molar-refractivity contribution in [2.75, 3.05) is 20.1 Å². The second-order valence-corrected chi connectivity index (χ2v) is 2.80. The first kappa shape index (κ1) is 12.4. The molecule has 0 aromatic rings. The predicted octanol–water partition coefficient (Wildman–Crippen LogP) is 2.41. The van der Waals surface area contributed by atoms with Crippen LogP contribution in [0.5, 0.6) is 0 Å². The third-order valence-corrected chi connectivity index (χ3v) is 2.08. The SMILES string of the molecule is CC.CCC1=C(C=NC)CNCC1. The monoisotopic (exact) mass is 182 g/mol. The highest BCUT2D eigenvalue weighted by Crippen LogP contribution is 2.13. The minimum absolute atomic E-state index is 1.00. The van der Waals surface area contributed by atoms with E-state index in [9.17, 15) is 0 Å². The van der Waals surface area contributed by atoms with Gasteiger partial charge in [0.15, 0.2) is 0 Å². The first-order valence-electron chi connectivity index (χ1n) is 5.22. The molecule has 0 radical (unpaired) electrons. The van der Waals surface area contributed by atoms with Crippen molar-refractivity contribution < 1.29 is 0 Å². The van der Waals surface area contributed by atoms with Crippen LogP contribution in [-0.2, 0) is 0 Å². The van der Waals surface area contributed by atoms with Crippen LogP contribution in [0.2, 0.25) is 0 Å². The van der Waals surface area contributed by atoms with E-state index in [1.54, 1.807) is 5.57 Å². The van der Waals surface area contributed by atoms with Crippen LogP contribution < -0.4 is 5.32 Å². The van der Waals surface area contributed by atoms with E-state index in [4.69, 9.17) is 0 Å². The quantitative estimate of drug-likeness (QED) is 0.652. The van der Waals surface area contributed by atoms with Crippen LogP contribution in [0.4, 0.5) is 0 Å². The van der Waals surface area contributed by atoms with E-state index in [0.29, 0.717) is 0 Å². The Labute approximate surface area is 82.1 Å². The van der Waals surface area contributed by atoms with Crippen LogP contribution in [0, 0.1) is 0 Å². The van der Waals surface area contributed by atoms with Gasteiger partial charge in [-0.15, -0.1) is 0 Å². The average Bonchev–Trinajstić information content (AvgIpc) is 2.22. The van der Waals surface area contributed by atoms with Gasteiger partial charge in [-0.3, -0.25) is 4.99 Å². The number of aliphatic imine (C=N–C) groups is 1. The average molecular weight is 182 g/mol. The van der Waals surface area contributed by atoms with E-state index in [2.05, 4.69) is 17.2 Å². The van der Waals surface area contributed by atoms with Crippen molar-refractivity contribution in [3.05, 3.63) is 11.1 Å². The zero-order chi connectivity index (χ0) is 10.1. The summed E-state index contributed by atoms with van der Waals surface area (Å²) in [6.07, 6.45) is 4.34. The molecule has 1 N–H and O–H groups in total. The Kier molecular flexibility index (Phi) is 7.60. The lowest BCUT2D eigenvalue weighted by atomic mass is 10.0. The summed E-state index contributed by atoms with van der Waals surface area (Å²) in [5.41, 5.74) is 2.95. The zero-order valence-corrected chi connectivity index (χ0v) is 9.35. The lowest BCUT2D eigenvalue weighted by molar-refractivity contribution is 0.677. The third-order valence-electron chi connectivity index (χ3n) is 2.08. The maximum absolute atomic E-state index is 4.03. The van der Waals surface area contributed by atoms with Gasteiger partial charge in [0.05, 0.1) is 0 Å². The first-order chi connectivity index (χ1) is 6.38. The molecule has 0 atom stereocenters. The minimum Gasteiger partial charge on any atom is -0.312 e. The van der Waals surface area contributed by atoms with Crippen molar-refractivity contribution in [1.29, 1.82) is 0 Å². The van der Waals surface area contributed by atoms with E-state index in [0.717, 1.165) is 13.1 Å². The molecule has 1 heterocycles. The number of rotatable bonds is 2. The highest BCUT2D eigenvalue weighted by atomic mass is 14.9. The maximum atomic E-state index is 4.03. The van der Waals surface area contributed by atoms with Crippen molar-refractivity contribution in [3.8, 4) is 0 Å². The van der Waals surface area contributed by atoms with Gasteiger partial charge in [-0.25, -0.2) is 0 Å². The predicted molar refractivity (Wildman–Crippen MR) is 60.6 cm³/mol. The van der Waals surface area contributed by atoms with Crippen LogP contribution in [0.15, 0.2) is 16.1 Å². The van der Waals surface area contributed by atoms with E-state index < -0.39 is 0 Å². The van der Waals surface area contributed by atoms with Gasteiger partial charge >= 0.3 is 0 Å². The molecule has 13 heavy (non-hydrogen) atoms. The fourth-order valence-corrected chi connectivity index (χ4v) is 1.44. The van der Waals surface area contributed by atoms with Crippen molar-refractivity contribution in [1.82, 2.24) is 5.32 Å². The summed E-state index contributed by atoms with van der Waals surface area (Å²) in [6, 6.07) is 0. The maximum Gasteiger partial charge on any atom is 0.0277 e. The van der Waals surface area contributed by atoms with Crippen LogP contribution >= 0.6 is 0 Å². The normalized spacial score (nSPS) is 17.2. The topological polar surface area (TPSA) is 24.4 Å². The number of nitrogens with one attached hydrogen (secondary N) is 1. The summed E-state index contributed by atoms with van der Waals surface area (Å²) in [5.74, 6) is 0. The largest absolute Gasteiger partial charge is 0.312 e. The standard InChI is InChI=1S/C9H16N2.C2H6/c1-3-8-4-5-11-7-9(8)6-10-2;1-2/h6,11H,3-5,7H2,1-2H3;1-2H3. The highest BCUT2D eigenvalue weighted by Gasteiger charge is 2.07. The number of hydrogen-bond acceptors (Lipinski definition) is 2. The molecule has 0 fully saturated rings. The van der Waals surface area contributed by atoms with Gasteiger partial charge in [-0.05, 0) is 25.0 Å². The van der Waals surface area contributed by atoms with Gasteiger partial charge in [-0.2, -0.15) is 0 Å². The Balaban J connectivity index is 0.000000671. The highest BCUT2D eigenvalue weighted by molar-refractivity contribution is 5.80. The van der Waals surface area contributed by atoms with Crippen LogP contribution in [0.25, 0.3) is 0 Å². The lowest BCUT2D eigenvalue weighted by Gasteiger charge is -2.17. The molecule has 0 amide bonds. The van der Waals surface area contributed by atoms with Crippen LogP contribution in [0.1, 0.15) is 33.6 Å². The smallest absolute Gasteiger partial charge is 0.0277 e. The molecule has 2 heteroatoms. The Morgan fingerprint density at radius 1 is 1.46 bits per heavy atom. The summed E-state index contributed by atoms with van der Waals surface area (Å²) in [6.45, 7) is 8.34. The molecular weight excluding hydrogens is 160 g/mol. The van der Waals surface area contributed by atoms with Crippen molar-refractivity contribution in [3.63, 3.8) is 0 Å². The van der Waals surface area contributed by atoms with E-state index in [1.165, 1.54) is 18.4 Å². The molecule has 0 unspecified atom stereocenters. The van der Waals surface area contributed by atoms with Gasteiger partial charge in [0.25, 0.3) is 0 Å². The van der Waals surface area contributed by atoms with Gasteiger partial charge in [0.2, 0.25) is 0 Å². The fourth-order valence-electron chi connectivity index (χ4n) is 1.44. The first-order valence-corrected chi connectivity index (χ1v) is 5.22. The Morgan fingerprint density at radius 3 is 2.69 bits per heavy atom. The number of hydrogen-bond donors (Lipinski definition) is 1. The molecule has 0 bridgehead atoms. The molecular formula is C11H22N2. The van der Waals surface area contributed by atoms with Crippen LogP contribution in [0.3, 0.4) is 0 Å². The molecule has 0 spiro atoms. The molecule has 2 nitrogen and oxygen atoms in total. The Bertz CT molecular complexity index is 181. The summed E-state index contributed by atoms with van der Waals surface area (Å²) >= 11 is 0.